The first-order valence-electron chi connectivity index (χ1n) is 5.98. The number of nitrogens with two attached hydrogens (primary N) is 1. The van der Waals surface area contributed by atoms with Crippen LogP contribution in [0, 0.1) is 5.82 Å². The molecule has 0 amide bonds. The zero-order valence-electron chi connectivity index (χ0n) is 10.6. The molecule has 0 aliphatic carbocycles. The number of rotatable bonds is 4. The SMILES string of the molecule is Nc1cccc(CC(=O)OCc2ccc(F)c(Br)c2)c1. The van der Waals surface area contributed by atoms with Gasteiger partial charge in [-0.05, 0) is 51.3 Å². The van der Waals surface area contributed by atoms with Crippen molar-refractivity contribution < 1.29 is 13.9 Å². The zero-order chi connectivity index (χ0) is 14.5. The Morgan fingerprint density at radius 1 is 1.20 bits per heavy atom. The summed E-state index contributed by atoms with van der Waals surface area (Å²) in [6, 6.07) is 11.6. The third kappa shape index (κ3) is 4.06. The molecular weight excluding hydrogens is 325 g/mol. The van der Waals surface area contributed by atoms with Gasteiger partial charge < -0.3 is 10.5 Å². The molecule has 20 heavy (non-hydrogen) atoms. The summed E-state index contributed by atoms with van der Waals surface area (Å²) in [6.45, 7) is 0.111. The van der Waals surface area contributed by atoms with Crippen LogP contribution in [0.15, 0.2) is 46.9 Å². The normalized spacial score (nSPS) is 10.3. The van der Waals surface area contributed by atoms with Crippen molar-refractivity contribution in [1.29, 1.82) is 0 Å². The van der Waals surface area contributed by atoms with Crippen LogP contribution in [0.4, 0.5) is 10.1 Å². The van der Waals surface area contributed by atoms with E-state index < -0.39 is 0 Å². The quantitative estimate of drug-likeness (QED) is 0.686. The van der Waals surface area contributed by atoms with Gasteiger partial charge in [-0.15, -0.1) is 0 Å². The summed E-state index contributed by atoms with van der Waals surface area (Å²) >= 11 is 3.09. The summed E-state index contributed by atoms with van der Waals surface area (Å²) < 4.78 is 18.5. The van der Waals surface area contributed by atoms with Gasteiger partial charge in [0.25, 0.3) is 0 Å². The second-order valence-corrected chi connectivity index (χ2v) is 5.19. The molecule has 0 aliphatic heterocycles. The van der Waals surface area contributed by atoms with Crippen LogP contribution in [0.1, 0.15) is 11.1 Å². The molecule has 0 heterocycles. The van der Waals surface area contributed by atoms with Gasteiger partial charge in [-0.25, -0.2) is 4.39 Å². The number of nitrogen functional groups attached to an aromatic ring is 1. The van der Waals surface area contributed by atoms with Crippen molar-refractivity contribution >= 4 is 27.6 Å². The molecule has 5 heteroatoms. The van der Waals surface area contributed by atoms with E-state index in [0.29, 0.717) is 10.2 Å². The maximum Gasteiger partial charge on any atom is 0.310 e. The molecule has 2 N–H and O–H groups in total. The van der Waals surface area contributed by atoms with E-state index in [1.54, 1.807) is 30.3 Å². The molecule has 0 bridgehead atoms. The highest BCUT2D eigenvalue weighted by Crippen LogP contribution is 2.17. The average Bonchev–Trinajstić information content (AvgIpc) is 2.40. The lowest BCUT2D eigenvalue weighted by Crippen LogP contribution is -2.08. The topological polar surface area (TPSA) is 52.3 Å². The van der Waals surface area contributed by atoms with Gasteiger partial charge in [-0.1, -0.05) is 18.2 Å². The molecule has 0 aromatic heterocycles. The molecule has 0 saturated heterocycles. The average molecular weight is 338 g/mol. The van der Waals surface area contributed by atoms with Crippen LogP contribution in [-0.4, -0.2) is 5.97 Å². The van der Waals surface area contributed by atoms with Gasteiger partial charge in [-0.2, -0.15) is 0 Å². The highest BCUT2D eigenvalue weighted by atomic mass is 79.9. The summed E-state index contributed by atoms with van der Waals surface area (Å²) in [6.07, 6.45) is 0.160. The number of carbonyl (C=O) groups excluding carboxylic acids is 1. The molecule has 104 valence electrons. The molecule has 3 nitrogen and oxygen atoms in total. The van der Waals surface area contributed by atoms with E-state index in [4.69, 9.17) is 10.5 Å². The predicted molar refractivity (Wildman–Crippen MR) is 78.5 cm³/mol. The van der Waals surface area contributed by atoms with Crippen LogP contribution in [0.5, 0.6) is 0 Å². The minimum atomic E-state index is -0.351. The number of halogens is 2. The second kappa shape index (κ2) is 6.52. The Kier molecular flexibility index (Phi) is 4.74. The van der Waals surface area contributed by atoms with Crippen LogP contribution in [0.3, 0.4) is 0 Å². The molecule has 0 unspecified atom stereocenters. The zero-order valence-corrected chi connectivity index (χ0v) is 12.2. The van der Waals surface area contributed by atoms with E-state index in [0.717, 1.165) is 11.1 Å². The molecule has 0 spiro atoms. The standard InChI is InChI=1S/C15H13BrFNO2/c16-13-7-11(4-5-14(13)17)9-20-15(19)8-10-2-1-3-12(18)6-10/h1-7H,8-9,18H2. The minimum absolute atomic E-state index is 0.111. The number of esters is 1. The lowest BCUT2D eigenvalue weighted by atomic mass is 10.1. The highest BCUT2D eigenvalue weighted by Gasteiger charge is 2.07. The van der Waals surface area contributed by atoms with Crippen molar-refractivity contribution in [2.45, 2.75) is 13.0 Å². The van der Waals surface area contributed by atoms with E-state index in [9.17, 15) is 9.18 Å². The smallest absolute Gasteiger partial charge is 0.310 e. The maximum atomic E-state index is 13.1. The van der Waals surface area contributed by atoms with E-state index in [1.165, 1.54) is 6.07 Å². The molecule has 0 saturated carbocycles. The number of hydrogen-bond donors (Lipinski definition) is 1. The number of carbonyl (C=O) groups is 1. The van der Waals surface area contributed by atoms with Crippen molar-refractivity contribution in [3.05, 3.63) is 63.9 Å². The van der Waals surface area contributed by atoms with Gasteiger partial charge in [0.15, 0.2) is 0 Å². The van der Waals surface area contributed by atoms with Gasteiger partial charge in [0, 0.05) is 5.69 Å². The third-order valence-electron chi connectivity index (χ3n) is 2.68. The van der Waals surface area contributed by atoms with Crippen molar-refractivity contribution in [2.75, 3.05) is 5.73 Å². The molecule has 0 radical (unpaired) electrons. The summed E-state index contributed by atoms with van der Waals surface area (Å²) in [5.74, 6) is -0.698. The van der Waals surface area contributed by atoms with Crippen LogP contribution in [-0.2, 0) is 22.6 Å². The maximum absolute atomic E-state index is 13.1. The number of benzene rings is 2. The molecule has 2 aromatic carbocycles. The summed E-state index contributed by atoms with van der Waals surface area (Å²) in [4.78, 5) is 11.7. The highest BCUT2D eigenvalue weighted by molar-refractivity contribution is 9.10. The van der Waals surface area contributed by atoms with Crippen LogP contribution in [0.25, 0.3) is 0 Å². The number of ether oxygens (including phenoxy) is 1. The first-order valence-corrected chi connectivity index (χ1v) is 6.78. The fraction of sp³-hybridized carbons (Fsp3) is 0.133. The molecule has 0 aliphatic rings. The minimum Gasteiger partial charge on any atom is -0.461 e. The predicted octanol–water partition coefficient (Wildman–Crippen LogP) is 3.46. The first kappa shape index (κ1) is 14.5. The number of anilines is 1. The van der Waals surface area contributed by atoms with E-state index >= 15 is 0 Å². The second-order valence-electron chi connectivity index (χ2n) is 4.33. The molecule has 2 aromatic rings. The Hall–Kier alpha value is -1.88. The Labute approximate surface area is 124 Å². The van der Waals surface area contributed by atoms with Crippen LogP contribution in [0.2, 0.25) is 0 Å². The van der Waals surface area contributed by atoms with Crippen molar-refractivity contribution in [3.8, 4) is 0 Å². The summed E-state index contributed by atoms with van der Waals surface area (Å²) in [5, 5.41) is 0. The van der Waals surface area contributed by atoms with Crippen LogP contribution < -0.4 is 5.73 Å². The monoisotopic (exact) mass is 337 g/mol. The molecular formula is C15H13BrFNO2. The largest absolute Gasteiger partial charge is 0.461 e. The van der Waals surface area contributed by atoms with E-state index in [1.807, 2.05) is 6.07 Å². The van der Waals surface area contributed by atoms with E-state index in [-0.39, 0.29) is 24.8 Å². The van der Waals surface area contributed by atoms with Crippen molar-refractivity contribution in [1.82, 2.24) is 0 Å². The van der Waals surface area contributed by atoms with Crippen LogP contribution >= 0.6 is 15.9 Å². The van der Waals surface area contributed by atoms with Gasteiger partial charge in [0.2, 0.25) is 0 Å². The lowest BCUT2D eigenvalue weighted by Gasteiger charge is -2.06. The molecule has 2 rings (SSSR count). The van der Waals surface area contributed by atoms with Crippen molar-refractivity contribution in [2.24, 2.45) is 0 Å². The van der Waals surface area contributed by atoms with E-state index in [2.05, 4.69) is 15.9 Å². The Balaban J connectivity index is 1.90. The molecule has 0 fully saturated rings. The first-order chi connectivity index (χ1) is 9.54. The summed E-state index contributed by atoms with van der Waals surface area (Å²) in [5.41, 5.74) is 7.77. The van der Waals surface area contributed by atoms with Gasteiger partial charge >= 0.3 is 5.97 Å². The lowest BCUT2D eigenvalue weighted by molar-refractivity contribution is -0.144. The Morgan fingerprint density at radius 2 is 2.00 bits per heavy atom. The third-order valence-corrected chi connectivity index (χ3v) is 3.29. The Bertz CT molecular complexity index is 631. The fourth-order valence-corrected chi connectivity index (χ4v) is 2.14. The van der Waals surface area contributed by atoms with Crippen molar-refractivity contribution in [3.63, 3.8) is 0 Å². The fourth-order valence-electron chi connectivity index (χ4n) is 1.71. The number of hydrogen-bond acceptors (Lipinski definition) is 3. The Morgan fingerprint density at radius 3 is 2.70 bits per heavy atom. The van der Waals surface area contributed by atoms with Gasteiger partial charge in [0.1, 0.15) is 12.4 Å². The summed E-state index contributed by atoms with van der Waals surface area (Å²) in [7, 11) is 0. The van der Waals surface area contributed by atoms with Gasteiger partial charge in [0.05, 0.1) is 10.9 Å². The van der Waals surface area contributed by atoms with Gasteiger partial charge in [-0.3, -0.25) is 4.79 Å². The molecule has 0 atom stereocenters.